The summed E-state index contributed by atoms with van der Waals surface area (Å²) in [5, 5.41) is 0. The molecule has 0 bridgehead atoms. The molecule has 0 amide bonds. The summed E-state index contributed by atoms with van der Waals surface area (Å²) in [4.78, 5) is 0. The van der Waals surface area contributed by atoms with Gasteiger partial charge in [0.1, 0.15) is 0 Å². The molecule has 0 nitrogen and oxygen atoms in total. The highest BCUT2D eigenvalue weighted by molar-refractivity contribution is 5.10. The van der Waals surface area contributed by atoms with Gasteiger partial charge in [-0.15, -0.1) is 0 Å². The summed E-state index contributed by atoms with van der Waals surface area (Å²) >= 11 is 0. The summed E-state index contributed by atoms with van der Waals surface area (Å²) in [6.07, 6.45) is 24.8. The largest absolute Gasteiger partial charge is 0.0853 e. The van der Waals surface area contributed by atoms with Crippen molar-refractivity contribution in [3.05, 3.63) is 23.3 Å². The van der Waals surface area contributed by atoms with Gasteiger partial charge in [0.05, 0.1) is 0 Å². The van der Waals surface area contributed by atoms with Crippen molar-refractivity contribution in [2.24, 2.45) is 0 Å². The zero-order valence-corrected chi connectivity index (χ0v) is 12.1. The zero-order chi connectivity index (χ0) is 12.5. The van der Waals surface area contributed by atoms with Gasteiger partial charge in [-0.25, -0.2) is 0 Å². The molecule has 0 aliphatic heterocycles. The van der Waals surface area contributed by atoms with Crippen LogP contribution in [0.5, 0.6) is 0 Å². The molecule has 0 atom stereocenters. The third-order valence-corrected chi connectivity index (χ3v) is 4.54. The quantitative estimate of drug-likeness (QED) is 0.510. The molecule has 0 heteroatoms. The molecule has 0 fully saturated rings. The minimum atomic E-state index is 1.34. The highest BCUT2D eigenvalue weighted by atomic mass is 14.1. The smallest absolute Gasteiger partial charge is 0.0283 e. The maximum absolute atomic E-state index is 2.56. The Kier molecular flexibility index (Phi) is 6.61. The molecule has 0 saturated heterocycles. The Balaban J connectivity index is 1.77. The van der Waals surface area contributed by atoms with E-state index in [-0.39, 0.29) is 0 Å². The van der Waals surface area contributed by atoms with Crippen LogP contribution in [0, 0.1) is 0 Å². The number of hydrogen-bond donors (Lipinski definition) is 0. The highest BCUT2D eigenvalue weighted by Crippen LogP contribution is 2.25. The van der Waals surface area contributed by atoms with E-state index >= 15 is 0 Å². The Morgan fingerprint density at radius 1 is 0.556 bits per heavy atom. The van der Waals surface area contributed by atoms with E-state index in [2.05, 4.69) is 12.2 Å². The van der Waals surface area contributed by atoms with Crippen LogP contribution in [-0.2, 0) is 0 Å². The predicted octanol–water partition coefficient (Wildman–Crippen LogP) is 6.33. The van der Waals surface area contributed by atoms with Crippen molar-refractivity contribution in [3.8, 4) is 0 Å². The predicted molar refractivity (Wildman–Crippen MR) is 80.8 cm³/mol. The van der Waals surface area contributed by atoms with Crippen molar-refractivity contribution in [2.45, 2.75) is 89.9 Å². The fourth-order valence-electron chi connectivity index (χ4n) is 3.29. The summed E-state index contributed by atoms with van der Waals surface area (Å²) in [7, 11) is 0. The van der Waals surface area contributed by atoms with Gasteiger partial charge in [0, 0.05) is 0 Å². The number of allylic oxidation sites excluding steroid dienone is 4. The second kappa shape index (κ2) is 8.56. The standard InChI is InChI=1S/C18H30/c1-3-7-11-17(12-8-4-1)15-16-18-13-9-5-2-6-10-14-18/h11,13H,1-10,12,14-16H2. The van der Waals surface area contributed by atoms with Crippen molar-refractivity contribution in [2.75, 3.05) is 0 Å². The van der Waals surface area contributed by atoms with Gasteiger partial charge in [0.15, 0.2) is 0 Å². The van der Waals surface area contributed by atoms with Crippen LogP contribution >= 0.6 is 0 Å². The first-order chi connectivity index (χ1) is 8.95. The fourth-order valence-corrected chi connectivity index (χ4v) is 3.29. The molecule has 0 spiro atoms. The third kappa shape index (κ3) is 5.42. The summed E-state index contributed by atoms with van der Waals surface area (Å²) in [6.45, 7) is 0. The molecule has 18 heavy (non-hydrogen) atoms. The third-order valence-electron chi connectivity index (χ3n) is 4.54. The van der Waals surface area contributed by atoms with Gasteiger partial charge < -0.3 is 0 Å². The topological polar surface area (TPSA) is 0 Å². The van der Waals surface area contributed by atoms with Gasteiger partial charge in [0.25, 0.3) is 0 Å². The Morgan fingerprint density at radius 3 is 1.50 bits per heavy atom. The monoisotopic (exact) mass is 246 g/mol. The lowest BCUT2D eigenvalue weighted by Crippen LogP contribution is -1.94. The molecule has 0 aromatic rings. The van der Waals surface area contributed by atoms with Gasteiger partial charge in [-0.1, -0.05) is 49.0 Å². The molecule has 102 valence electrons. The Hall–Kier alpha value is -0.520. The summed E-state index contributed by atoms with van der Waals surface area (Å²) < 4.78 is 0. The first kappa shape index (κ1) is 13.9. The second-order valence-corrected chi connectivity index (χ2v) is 6.13. The van der Waals surface area contributed by atoms with Crippen LogP contribution < -0.4 is 0 Å². The minimum absolute atomic E-state index is 1.34. The molecule has 0 saturated carbocycles. The van der Waals surface area contributed by atoms with Gasteiger partial charge in [-0.3, -0.25) is 0 Å². The van der Waals surface area contributed by atoms with Gasteiger partial charge >= 0.3 is 0 Å². The molecule has 0 aromatic carbocycles. The van der Waals surface area contributed by atoms with E-state index in [1.807, 2.05) is 0 Å². The molecule has 0 aromatic heterocycles. The maximum Gasteiger partial charge on any atom is -0.0283 e. The molecular formula is C18H30. The summed E-state index contributed by atoms with van der Waals surface area (Å²) in [5.41, 5.74) is 3.52. The van der Waals surface area contributed by atoms with E-state index in [0.29, 0.717) is 0 Å². The van der Waals surface area contributed by atoms with Gasteiger partial charge in [-0.2, -0.15) is 0 Å². The van der Waals surface area contributed by atoms with Crippen LogP contribution in [0.25, 0.3) is 0 Å². The normalized spacial score (nSPS) is 23.1. The van der Waals surface area contributed by atoms with Crippen LogP contribution in [0.3, 0.4) is 0 Å². The molecule has 2 aliphatic rings. The SMILES string of the molecule is C1=C(CCC2=CCCCCCC2)CCCCCC1. The first-order valence-corrected chi connectivity index (χ1v) is 8.31. The van der Waals surface area contributed by atoms with Gasteiger partial charge in [0.2, 0.25) is 0 Å². The molecule has 2 aliphatic carbocycles. The highest BCUT2D eigenvalue weighted by Gasteiger charge is 2.06. The van der Waals surface area contributed by atoms with Crippen molar-refractivity contribution in [1.29, 1.82) is 0 Å². The van der Waals surface area contributed by atoms with E-state index in [0.717, 1.165) is 0 Å². The molecule has 2 rings (SSSR count). The lowest BCUT2D eigenvalue weighted by Gasteiger charge is -2.14. The van der Waals surface area contributed by atoms with Crippen molar-refractivity contribution in [3.63, 3.8) is 0 Å². The average Bonchev–Trinajstić information content (AvgIpc) is 2.29. The van der Waals surface area contributed by atoms with Crippen molar-refractivity contribution >= 4 is 0 Å². The number of hydrogen-bond acceptors (Lipinski definition) is 0. The summed E-state index contributed by atoms with van der Waals surface area (Å²) in [6, 6.07) is 0. The van der Waals surface area contributed by atoms with Crippen LogP contribution in [0.4, 0.5) is 0 Å². The average molecular weight is 246 g/mol. The van der Waals surface area contributed by atoms with Crippen molar-refractivity contribution in [1.82, 2.24) is 0 Å². The molecule has 0 heterocycles. The first-order valence-electron chi connectivity index (χ1n) is 8.31. The Labute approximate surface area is 114 Å². The van der Waals surface area contributed by atoms with E-state index in [1.165, 1.54) is 89.9 Å². The van der Waals surface area contributed by atoms with E-state index in [9.17, 15) is 0 Å². The van der Waals surface area contributed by atoms with E-state index in [4.69, 9.17) is 0 Å². The van der Waals surface area contributed by atoms with Crippen LogP contribution in [0.2, 0.25) is 0 Å². The van der Waals surface area contributed by atoms with E-state index < -0.39 is 0 Å². The summed E-state index contributed by atoms with van der Waals surface area (Å²) in [5.74, 6) is 0. The maximum atomic E-state index is 2.56. The second-order valence-electron chi connectivity index (χ2n) is 6.13. The van der Waals surface area contributed by atoms with Gasteiger partial charge in [-0.05, 0) is 64.2 Å². The van der Waals surface area contributed by atoms with Crippen LogP contribution in [0.1, 0.15) is 89.9 Å². The molecule has 0 unspecified atom stereocenters. The molecular weight excluding hydrogens is 216 g/mol. The lowest BCUT2D eigenvalue weighted by molar-refractivity contribution is 0.599. The number of rotatable bonds is 3. The Morgan fingerprint density at radius 2 is 1.00 bits per heavy atom. The Bertz CT molecular complexity index is 252. The minimum Gasteiger partial charge on any atom is -0.0853 e. The van der Waals surface area contributed by atoms with Crippen LogP contribution in [0.15, 0.2) is 23.3 Å². The van der Waals surface area contributed by atoms with E-state index in [1.54, 1.807) is 11.1 Å². The lowest BCUT2D eigenvalue weighted by atomic mass is 9.92. The zero-order valence-electron chi connectivity index (χ0n) is 12.1. The van der Waals surface area contributed by atoms with Crippen molar-refractivity contribution < 1.29 is 0 Å². The van der Waals surface area contributed by atoms with Crippen LogP contribution in [-0.4, -0.2) is 0 Å². The fraction of sp³-hybridized carbons (Fsp3) is 0.778. The molecule has 0 N–H and O–H groups in total. The molecule has 0 radical (unpaired) electrons.